The molecule has 0 amide bonds. The molecule has 0 atom stereocenters. The van der Waals surface area contributed by atoms with E-state index >= 15 is 0 Å². The molecule has 0 bridgehead atoms. The van der Waals surface area contributed by atoms with E-state index in [1.807, 2.05) is 61.5 Å². The van der Waals surface area contributed by atoms with Crippen LogP contribution in [-0.4, -0.2) is 27.7 Å². The Bertz CT molecular complexity index is 1590. The Morgan fingerprint density at radius 2 is 1.78 bits per heavy atom. The molecule has 0 aliphatic rings. The van der Waals surface area contributed by atoms with Gasteiger partial charge in [0.2, 0.25) is 4.77 Å². The van der Waals surface area contributed by atoms with Crippen molar-refractivity contribution in [3.63, 3.8) is 0 Å². The topological polar surface area (TPSA) is 64.4 Å². The zero-order valence-electron chi connectivity index (χ0n) is 19.5. The maximum absolute atomic E-state index is 6.30. The van der Waals surface area contributed by atoms with Gasteiger partial charge >= 0.3 is 0 Å². The van der Waals surface area contributed by atoms with Gasteiger partial charge in [0.05, 0.1) is 16.4 Å². The van der Waals surface area contributed by atoms with E-state index in [1.165, 1.54) is 10.8 Å². The summed E-state index contributed by atoms with van der Waals surface area (Å²) in [6, 6.07) is 28.3. The molecule has 1 N–H and O–H groups in total. The van der Waals surface area contributed by atoms with Crippen molar-refractivity contribution >= 4 is 51.8 Å². The molecule has 0 radical (unpaired) electrons. The maximum Gasteiger partial charge on any atom is 0.216 e. The number of hydrogen-bond acceptors (Lipinski definition) is 5. The lowest BCUT2D eigenvalue weighted by Crippen LogP contribution is -2.03. The number of halogens is 1. The summed E-state index contributed by atoms with van der Waals surface area (Å²) in [5.74, 6) is 2.03. The molecule has 0 saturated heterocycles. The Morgan fingerprint density at radius 1 is 1.00 bits per heavy atom. The number of nitrogens with zero attached hydrogens (tertiary/aromatic N) is 3. The van der Waals surface area contributed by atoms with Crippen LogP contribution in [0.15, 0.2) is 90.0 Å². The molecule has 36 heavy (non-hydrogen) atoms. The van der Waals surface area contributed by atoms with E-state index in [0.717, 1.165) is 20.3 Å². The second-order valence-corrected chi connectivity index (χ2v) is 9.51. The lowest BCUT2D eigenvalue weighted by molar-refractivity contribution is 0.268. The van der Waals surface area contributed by atoms with E-state index in [1.54, 1.807) is 10.9 Å². The van der Waals surface area contributed by atoms with Gasteiger partial charge in [0, 0.05) is 5.56 Å². The molecule has 4 aromatic carbocycles. The summed E-state index contributed by atoms with van der Waals surface area (Å²) in [5.41, 5.74) is 2.91. The quantitative estimate of drug-likeness (QED) is 0.115. The monoisotopic (exact) mass is 606 g/mol. The van der Waals surface area contributed by atoms with Crippen molar-refractivity contribution in [1.82, 2.24) is 14.9 Å². The lowest BCUT2D eigenvalue weighted by Gasteiger charge is -2.15. The van der Waals surface area contributed by atoms with Gasteiger partial charge in [-0.2, -0.15) is 14.9 Å². The standard InChI is InChI=1S/C28H23IN4O2S/c1-2-34-25-16-19(17-30-33-27(31-32-28(33)36)21-10-4-3-5-11-21)15-24(29)26(25)35-18-22-13-8-12-20-9-6-7-14-23(20)22/h3-17H,2,18H2,1H3,(H,32,36)/b30-17-. The molecule has 0 unspecified atom stereocenters. The first-order valence-corrected chi connectivity index (χ1v) is 13.0. The summed E-state index contributed by atoms with van der Waals surface area (Å²) >= 11 is 7.68. The Balaban J connectivity index is 1.43. The van der Waals surface area contributed by atoms with Crippen LogP contribution < -0.4 is 9.47 Å². The van der Waals surface area contributed by atoms with Gasteiger partial charge in [-0.3, -0.25) is 0 Å². The number of ether oxygens (including phenoxy) is 2. The normalized spacial score (nSPS) is 11.3. The van der Waals surface area contributed by atoms with Crippen LogP contribution in [0.25, 0.3) is 22.2 Å². The van der Waals surface area contributed by atoms with Crippen LogP contribution in [0.3, 0.4) is 0 Å². The van der Waals surface area contributed by atoms with E-state index in [-0.39, 0.29) is 0 Å². The van der Waals surface area contributed by atoms with Crippen molar-refractivity contribution in [3.05, 3.63) is 104 Å². The van der Waals surface area contributed by atoms with E-state index in [4.69, 9.17) is 21.7 Å². The third-order valence-electron chi connectivity index (χ3n) is 5.59. The molecule has 0 saturated carbocycles. The first kappa shape index (κ1) is 24.2. The van der Waals surface area contributed by atoms with Crippen molar-refractivity contribution in [3.8, 4) is 22.9 Å². The minimum absolute atomic E-state index is 0.417. The highest BCUT2D eigenvalue weighted by Gasteiger charge is 2.14. The Morgan fingerprint density at radius 3 is 2.61 bits per heavy atom. The summed E-state index contributed by atoms with van der Waals surface area (Å²) < 4.78 is 15.2. The minimum atomic E-state index is 0.417. The molecule has 0 fully saturated rings. The van der Waals surface area contributed by atoms with E-state index in [9.17, 15) is 0 Å². The van der Waals surface area contributed by atoms with Crippen LogP contribution in [0, 0.1) is 8.34 Å². The zero-order chi connectivity index (χ0) is 24.9. The molecular weight excluding hydrogens is 583 g/mol. The summed E-state index contributed by atoms with van der Waals surface area (Å²) in [5, 5.41) is 14.1. The summed E-state index contributed by atoms with van der Waals surface area (Å²) in [4.78, 5) is 0. The van der Waals surface area contributed by atoms with Crippen LogP contribution in [0.5, 0.6) is 11.5 Å². The first-order chi connectivity index (χ1) is 17.6. The SMILES string of the molecule is CCOc1cc(/C=N\n2c(-c3ccccc3)n[nH]c2=S)cc(I)c1OCc1cccc2ccccc12. The van der Waals surface area contributed by atoms with Gasteiger partial charge in [0.1, 0.15) is 6.61 Å². The molecule has 5 aromatic rings. The molecule has 0 spiro atoms. The number of aromatic nitrogens is 3. The van der Waals surface area contributed by atoms with Gasteiger partial charge in [-0.1, -0.05) is 72.8 Å². The Kier molecular flexibility index (Phi) is 7.43. The maximum atomic E-state index is 6.30. The number of rotatable bonds is 8. The first-order valence-electron chi connectivity index (χ1n) is 11.5. The van der Waals surface area contributed by atoms with E-state index in [0.29, 0.717) is 35.3 Å². The average molecular weight is 606 g/mol. The average Bonchev–Trinajstić information content (AvgIpc) is 3.27. The highest BCUT2D eigenvalue weighted by Crippen LogP contribution is 2.35. The molecule has 1 heterocycles. The van der Waals surface area contributed by atoms with Crippen molar-refractivity contribution < 1.29 is 9.47 Å². The van der Waals surface area contributed by atoms with Gasteiger partial charge in [0.25, 0.3) is 0 Å². The van der Waals surface area contributed by atoms with Gasteiger partial charge in [-0.15, -0.1) is 0 Å². The molecule has 8 heteroatoms. The van der Waals surface area contributed by atoms with E-state index in [2.05, 4.69) is 68.2 Å². The summed E-state index contributed by atoms with van der Waals surface area (Å²) in [6.45, 7) is 2.92. The van der Waals surface area contributed by atoms with Crippen LogP contribution in [-0.2, 0) is 6.61 Å². The molecule has 180 valence electrons. The van der Waals surface area contributed by atoms with Crippen LogP contribution in [0.2, 0.25) is 0 Å². The molecule has 0 aliphatic heterocycles. The number of H-pyrrole nitrogens is 1. The fourth-order valence-corrected chi connectivity index (χ4v) is 4.89. The second-order valence-electron chi connectivity index (χ2n) is 7.96. The summed E-state index contributed by atoms with van der Waals surface area (Å²) in [7, 11) is 0. The number of fused-ring (bicyclic) bond motifs is 1. The number of nitrogens with one attached hydrogen (secondary N) is 1. The van der Waals surface area contributed by atoms with Gasteiger partial charge < -0.3 is 9.47 Å². The van der Waals surface area contributed by atoms with Gasteiger partial charge in [0.15, 0.2) is 17.3 Å². The predicted octanol–water partition coefficient (Wildman–Crippen LogP) is 7.23. The smallest absolute Gasteiger partial charge is 0.216 e. The highest BCUT2D eigenvalue weighted by molar-refractivity contribution is 14.1. The van der Waals surface area contributed by atoms with Crippen molar-refractivity contribution in [2.45, 2.75) is 13.5 Å². The molecular formula is C28H23IN4O2S. The second kappa shape index (κ2) is 11.0. The molecule has 6 nitrogen and oxygen atoms in total. The van der Waals surface area contributed by atoms with Crippen molar-refractivity contribution in [2.75, 3.05) is 6.61 Å². The van der Waals surface area contributed by atoms with Gasteiger partial charge in [-0.25, -0.2) is 5.10 Å². The minimum Gasteiger partial charge on any atom is -0.490 e. The molecule has 5 rings (SSSR count). The number of aromatic amines is 1. The zero-order valence-corrected chi connectivity index (χ0v) is 22.5. The summed E-state index contributed by atoms with van der Waals surface area (Å²) in [6.07, 6.45) is 1.75. The fourth-order valence-electron chi connectivity index (χ4n) is 3.93. The molecule has 0 aliphatic carbocycles. The van der Waals surface area contributed by atoms with E-state index < -0.39 is 0 Å². The largest absolute Gasteiger partial charge is 0.490 e. The number of benzene rings is 4. The van der Waals surface area contributed by atoms with Crippen molar-refractivity contribution in [1.29, 1.82) is 0 Å². The van der Waals surface area contributed by atoms with Crippen molar-refractivity contribution in [2.24, 2.45) is 5.10 Å². The third-order valence-corrected chi connectivity index (χ3v) is 6.65. The lowest BCUT2D eigenvalue weighted by atomic mass is 10.1. The van der Waals surface area contributed by atoms with Crippen LogP contribution in [0.1, 0.15) is 18.1 Å². The highest BCUT2D eigenvalue weighted by atomic mass is 127. The van der Waals surface area contributed by atoms with Crippen LogP contribution >= 0.6 is 34.8 Å². The predicted molar refractivity (Wildman–Crippen MR) is 154 cm³/mol. The molecule has 1 aromatic heterocycles. The Hall–Kier alpha value is -3.50. The Labute approximate surface area is 227 Å². The van der Waals surface area contributed by atoms with Crippen LogP contribution in [0.4, 0.5) is 0 Å². The van der Waals surface area contributed by atoms with Gasteiger partial charge in [-0.05, 0) is 75.8 Å². The fraction of sp³-hybridized carbons (Fsp3) is 0.107. The third kappa shape index (κ3) is 5.19. The number of hydrogen-bond donors (Lipinski definition) is 1.